The summed E-state index contributed by atoms with van der Waals surface area (Å²) in [7, 11) is 0.698. The largest absolute Gasteiger partial charge is 0.495 e. The number of rotatable bonds is 6. The molecule has 0 saturated heterocycles. The number of hydrogen-bond donors (Lipinski definition) is 1. The van der Waals surface area contributed by atoms with E-state index in [1.165, 1.54) is 30.2 Å². The Bertz CT molecular complexity index is 865. The van der Waals surface area contributed by atoms with Gasteiger partial charge in [0.2, 0.25) is 10.0 Å². The number of benzene rings is 2. The molecule has 0 radical (unpaired) electrons. The van der Waals surface area contributed by atoms with Gasteiger partial charge in [0.1, 0.15) is 10.6 Å². The number of nitrogens with one attached hydrogen (secondary N) is 1. The number of halogens is 1. The first-order valence-corrected chi connectivity index (χ1v) is 9.24. The van der Waals surface area contributed by atoms with Gasteiger partial charge in [0.05, 0.1) is 7.11 Å². The van der Waals surface area contributed by atoms with Gasteiger partial charge in [0, 0.05) is 31.2 Å². The highest BCUT2D eigenvalue weighted by Gasteiger charge is 2.22. The van der Waals surface area contributed by atoms with Crippen LogP contribution < -0.4 is 9.46 Å². The Balaban J connectivity index is 2.31. The third-order valence-electron chi connectivity index (χ3n) is 3.49. The first-order valence-electron chi connectivity index (χ1n) is 7.38. The molecule has 0 aliphatic carbocycles. The van der Waals surface area contributed by atoms with Crippen LogP contribution in [0.3, 0.4) is 0 Å². The number of carbonyl (C=O) groups is 1. The molecule has 0 atom stereocenters. The second kappa shape index (κ2) is 7.86. The Hall–Kier alpha value is -2.09. The Morgan fingerprint density at radius 3 is 2.36 bits per heavy atom. The van der Waals surface area contributed by atoms with Crippen molar-refractivity contribution >= 4 is 27.5 Å². The predicted octanol–water partition coefficient (Wildman–Crippen LogP) is 2.53. The van der Waals surface area contributed by atoms with Crippen LogP contribution in [0.1, 0.15) is 15.9 Å². The molecule has 0 saturated carbocycles. The van der Waals surface area contributed by atoms with Crippen LogP contribution in [0.4, 0.5) is 0 Å². The monoisotopic (exact) mass is 382 g/mol. The zero-order valence-electron chi connectivity index (χ0n) is 14.1. The molecular formula is C17H19ClN2O4S. The van der Waals surface area contributed by atoms with Gasteiger partial charge in [-0.25, -0.2) is 13.1 Å². The van der Waals surface area contributed by atoms with Crippen LogP contribution in [0.25, 0.3) is 0 Å². The molecule has 134 valence electrons. The zero-order chi connectivity index (χ0) is 18.6. The van der Waals surface area contributed by atoms with Gasteiger partial charge >= 0.3 is 0 Å². The maximum atomic E-state index is 12.7. The van der Waals surface area contributed by atoms with E-state index in [0.29, 0.717) is 5.02 Å². The smallest absolute Gasteiger partial charge is 0.253 e. The molecule has 0 spiro atoms. The molecule has 0 unspecified atom stereocenters. The van der Waals surface area contributed by atoms with Gasteiger partial charge in [-0.2, -0.15) is 0 Å². The molecule has 0 aliphatic rings. The second-order valence-corrected chi connectivity index (χ2v) is 7.69. The van der Waals surface area contributed by atoms with E-state index in [-0.39, 0.29) is 28.7 Å². The van der Waals surface area contributed by atoms with Gasteiger partial charge in [0.25, 0.3) is 5.91 Å². The van der Waals surface area contributed by atoms with Crippen LogP contribution in [0.5, 0.6) is 5.75 Å². The van der Waals surface area contributed by atoms with Gasteiger partial charge in [-0.3, -0.25) is 4.79 Å². The van der Waals surface area contributed by atoms with Crippen LogP contribution in [-0.4, -0.2) is 40.4 Å². The van der Waals surface area contributed by atoms with Gasteiger partial charge in [0.15, 0.2) is 0 Å². The van der Waals surface area contributed by atoms with Crippen LogP contribution in [0.15, 0.2) is 47.4 Å². The molecule has 1 N–H and O–H groups in total. The number of nitrogens with zero attached hydrogens (tertiary/aromatic N) is 1. The summed E-state index contributed by atoms with van der Waals surface area (Å²) in [6, 6.07) is 11.1. The predicted molar refractivity (Wildman–Crippen MR) is 96.5 cm³/mol. The maximum absolute atomic E-state index is 12.7. The Labute approximate surface area is 152 Å². The summed E-state index contributed by atoms with van der Waals surface area (Å²) in [6.45, 7) is 0.0918. The van der Waals surface area contributed by atoms with Gasteiger partial charge in [-0.05, 0) is 35.9 Å². The van der Waals surface area contributed by atoms with Crippen molar-refractivity contribution in [3.63, 3.8) is 0 Å². The fourth-order valence-electron chi connectivity index (χ4n) is 2.14. The van der Waals surface area contributed by atoms with E-state index in [1.54, 1.807) is 38.4 Å². The molecular weight excluding hydrogens is 364 g/mol. The molecule has 2 aromatic rings. The van der Waals surface area contributed by atoms with Crippen molar-refractivity contribution in [1.29, 1.82) is 0 Å². The molecule has 0 aliphatic heterocycles. The van der Waals surface area contributed by atoms with Crippen molar-refractivity contribution in [3.8, 4) is 5.75 Å². The summed E-state index contributed by atoms with van der Waals surface area (Å²) in [5.41, 5.74) is 1.02. The fraction of sp³-hybridized carbons (Fsp3) is 0.235. The molecule has 2 rings (SSSR count). The molecule has 0 bridgehead atoms. The standard InChI is InChI=1S/C17H19ClN2O4S/c1-20(2)17(21)13-6-9-15(24-3)16(10-13)25(22,23)19-11-12-4-7-14(18)8-5-12/h4-10,19H,11H2,1-3H3. The number of amides is 1. The third kappa shape index (κ3) is 4.72. The Morgan fingerprint density at radius 1 is 1.16 bits per heavy atom. The lowest BCUT2D eigenvalue weighted by molar-refractivity contribution is 0.0827. The number of hydrogen-bond acceptors (Lipinski definition) is 4. The normalized spacial score (nSPS) is 11.2. The molecule has 2 aromatic carbocycles. The number of ether oxygens (including phenoxy) is 1. The van der Waals surface area contributed by atoms with Gasteiger partial charge < -0.3 is 9.64 Å². The lowest BCUT2D eigenvalue weighted by atomic mass is 10.2. The number of carbonyl (C=O) groups excluding carboxylic acids is 1. The minimum atomic E-state index is -3.87. The summed E-state index contributed by atoms with van der Waals surface area (Å²) < 4.78 is 32.9. The minimum absolute atomic E-state index is 0.0864. The number of methoxy groups -OCH3 is 1. The summed E-state index contributed by atoms with van der Waals surface area (Å²) in [5.74, 6) is -0.129. The topological polar surface area (TPSA) is 75.7 Å². The van der Waals surface area contributed by atoms with E-state index in [4.69, 9.17) is 16.3 Å². The molecule has 0 heterocycles. The van der Waals surface area contributed by atoms with E-state index in [2.05, 4.69) is 4.72 Å². The lowest BCUT2D eigenvalue weighted by Crippen LogP contribution is -2.25. The Morgan fingerprint density at radius 2 is 1.80 bits per heavy atom. The van der Waals surface area contributed by atoms with Crippen molar-refractivity contribution in [3.05, 3.63) is 58.6 Å². The second-order valence-electron chi connectivity index (χ2n) is 5.52. The van der Waals surface area contributed by atoms with E-state index in [0.717, 1.165) is 5.56 Å². The molecule has 0 aromatic heterocycles. The van der Waals surface area contributed by atoms with Crippen molar-refractivity contribution in [2.75, 3.05) is 21.2 Å². The maximum Gasteiger partial charge on any atom is 0.253 e. The van der Waals surface area contributed by atoms with Crippen LogP contribution >= 0.6 is 11.6 Å². The first kappa shape index (κ1) is 19.2. The van der Waals surface area contributed by atoms with Gasteiger partial charge in [-0.15, -0.1) is 0 Å². The van der Waals surface area contributed by atoms with Crippen LogP contribution in [-0.2, 0) is 16.6 Å². The number of sulfonamides is 1. The summed E-state index contributed by atoms with van der Waals surface area (Å²) in [5, 5.41) is 0.572. The Kier molecular flexibility index (Phi) is 6.05. The molecule has 6 nitrogen and oxygen atoms in total. The van der Waals surface area contributed by atoms with E-state index >= 15 is 0 Å². The molecule has 25 heavy (non-hydrogen) atoms. The SMILES string of the molecule is COc1ccc(C(=O)N(C)C)cc1S(=O)(=O)NCc1ccc(Cl)cc1. The highest BCUT2D eigenvalue weighted by atomic mass is 35.5. The van der Waals surface area contributed by atoms with Crippen molar-refractivity contribution in [1.82, 2.24) is 9.62 Å². The van der Waals surface area contributed by atoms with Crippen molar-refractivity contribution in [2.45, 2.75) is 11.4 Å². The highest BCUT2D eigenvalue weighted by Crippen LogP contribution is 2.25. The summed E-state index contributed by atoms with van der Waals surface area (Å²) in [6.07, 6.45) is 0. The minimum Gasteiger partial charge on any atom is -0.495 e. The highest BCUT2D eigenvalue weighted by molar-refractivity contribution is 7.89. The lowest BCUT2D eigenvalue weighted by Gasteiger charge is -2.14. The van der Waals surface area contributed by atoms with Crippen molar-refractivity contribution in [2.24, 2.45) is 0 Å². The zero-order valence-corrected chi connectivity index (χ0v) is 15.7. The van der Waals surface area contributed by atoms with Crippen LogP contribution in [0, 0.1) is 0 Å². The summed E-state index contributed by atoms with van der Waals surface area (Å²) in [4.78, 5) is 13.4. The van der Waals surface area contributed by atoms with E-state index < -0.39 is 10.0 Å². The first-order chi connectivity index (χ1) is 11.7. The average molecular weight is 383 g/mol. The fourth-order valence-corrected chi connectivity index (χ4v) is 3.47. The third-order valence-corrected chi connectivity index (χ3v) is 5.16. The molecule has 0 fully saturated rings. The van der Waals surface area contributed by atoms with Gasteiger partial charge in [-0.1, -0.05) is 23.7 Å². The van der Waals surface area contributed by atoms with E-state index in [9.17, 15) is 13.2 Å². The molecule has 1 amide bonds. The van der Waals surface area contributed by atoms with Crippen LogP contribution in [0.2, 0.25) is 5.02 Å². The summed E-state index contributed by atoms with van der Waals surface area (Å²) >= 11 is 5.82. The molecule has 8 heteroatoms. The van der Waals surface area contributed by atoms with Crippen molar-refractivity contribution < 1.29 is 17.9 Å². The van der Waals surface area contributed by atoms with E-state index in [1.807, 2.05) is 0 Å². The quantitative estimate of drug-likeness (QED) is 0.833. The average Bonchev–Trinajstić information content (AvgIpc) is 2.60.